The van der Waals surface area contributed by atoms with Gasteiger partial charge in [0.05, 0.1) is 12.7 Å². The molecule has 5 nitrogen and oxygen atoms in total. The molecule has 0 aliphatic heterocycles. The molecule has 1 amide bonds. The fraction of sp³-hybridized carbons (Fsp3) is 0.200. The zero-order valence-electron chi connectivity index (χ0n) is 11.5. The molecular weight excluding hydrogens is 254 g/mol. The van der Waals surface area contributed by atoms with Gasteiger partial charge in [-0.3, -0.25) is 4.79 Å². The van der Waals surface area contributed by atoms with Crippen LogP contribution in [0.15, 0.2) is 36.5 Å². The molecule has 0 bridgehead atoms. The van der Waals surface area contributed by atoms with Gasteiger partial charge in [-0.25, -0.2) is 4.98 Å². The Morgan fingerprint density at radius 2 is 2.15 bits per heavy atom. The van der Waals surface area contributed by atoms with Crippen LogP contribution in [0.4, 0.5) is 5.69 Å². The molecule has 0 unspecified atom stereocenters. The molecule has 1 heterocycles. The largest absolute Gasteiger partial charge is 0.481 e. The van der Waals surface area contributed by atoms with E-state index in [-0.39, 0.29) is 5.91 Å². The Morgan fingerprint density at radius 3 is 2.90 bits per heavy atom. The molecule has 0 fully saturated rings. The highest BCUT2D eigenvalue weighted by molar-refractivity contribution is 5.99. The third-order valence-corrected chi connectivity index (χ3v) is 2.91. The fourth-order valence-electron chi connectivity index (χ4n) is 1.82. The van der Waals surface area contributed by atoms with E-state index in [4.69, 9.17) is 10.5 Å². The summed E-state index contributed by atoms with van der Waals surface area (Å²) in [5.74, 6) is 0.328. The number of hydrogen-bond donors (Lipinski definition) is 2. The number of nitrogens with two attached hydrogens (primary N) is 1. The smallest absolute Gasteiger partial charge is 0.253 e. The maximum atomic E-state index is 12.1. The average molecular weight is 271 g/mol. The lowest BCUT2D eigenvalue weighted by atomic mass is 10.1. The molecule has 0 aliphatic rings. The fourth-order valence-corrected chi connectivity index (χ4v) is 1.82. The molecule has 5 heteroatoms. The van der Waals surface area contributed by atoms with Crippen LogP contribution in [0.5, 0.6) is 5.88 Å². The van der Waals surface area contributed by atoms with Gasteiger partial charge in [0.1, 0.15) is 0 Å². The number of benzene rings is 1. The molecule has 20 heavy (non-hydrogen) atoms. The number of rotatable bonds is 4. The molecule has 2 rings (SSSR count). The second-order valence-corrected chi connectivity index (χ2v) is 4.48. The number of carbonyl (C=O) groups excluding carboxylic acids is 1. The Hall–Kier alpha value is -2.56. The van der Waals surface area contributed by atoms with Gasteiger partial charge in [0.25, 0.3) is 5.91 Å². The number of aromatic nitrogens is 1. The van der Waals surface area contributed by atoms with E-state index in [0.29, 0.717) is 23.7 Å². The summed E-state index contributed by atoms with van der Waals surface area (Å²) < 4.78 is 5.04. The number of hydrogen-bond acceptors (Lipinski definition) is 4. The first-order valence-electron chi connectivity index (χ1n) is 6.23. The number of amides is 1. The van der Waals surface area contributed by atoms with Crippen molar-refractivity contribution in [3.8, 4) is 5.88 Å². The molecule has 2 aromatic rings. The lowest BCUT2D eigenvalue weighted by Crippen LogP contribution is -2.24. The molecule has 0 radical (unpaired) electrons. The monoisotopic (exact) mass is 271 g/mol. The van der Waals surface area contributed by atoms with E-state index in [1.165, 1.54) is 0 Å². The Labute approximate surface area is 117 Å². The minimum atomic E-state index is -0.193. The van der Waals surface area contributed by atoms with Gasteiger partial charge >= 0.3 is 0 Å². The van der Waals surface area contributed by atoms with Crippen LogP contribution >= 0.6 is 0 Å². The van der Waals surface area contributed by atoms with Gasteiger partial charge in [0, 0.05) is 24.5 Å². The standard InChI is InChI=1S/C15H17N3O2/c1-10-3-4-13(16)12(7-10)15(19)18-9-11-5-6-17-14(8-11)20-2/h3-8H,9,16H2,1-2H3,(H,18,19). The number of ether oxygens (including phenoxy) is 1. The van der Waals surface area contributed by atoms with Crippen molar-refractivity contribution >= 4 is 11.6 Å². The van der Waals surface area contributed by atoms with Crippen LogP contribution in [0.3, 0.4) is 0 Å². The number of nitrogens with one attached hydrogen (secondary N) is 1. The summed E-state index contributed by atoms with van der Waals surface area (Å²) in [6.45, 7) is 2.31. The van der Waals surface area contributed by atoms with Crippen LogP contribution in [0, 0.1) is 6.92 Å². The molecule has 0 aliphatic carbocycles. The van der Waals surface area contributed by atoms with Crippen molar-refractivity contribution in [2.45, 2.75) is 13.5 Å². The van der Waals surface area contributed by atoms with Crippen molar-refractivity contribution < 1.29 is 9.53 Å². The van der Waals surface area contributed by atoms with E-state index >= 15 is 0 Å². The number of methoxy groups -OCH3 is 1. The molecule has 0 atom stereocenters. The topological polar surface area (TPSA) is 77.2 Å². The quantitative estimate of drug-likeness (QED) is 0.833. The van der Waals surface area contributed by atoms with Gasteiger partial charge in [-0.1, -0.05) is 11.6 Å². The number of carbonyl (C=O) groups is 1. The van der Waals surface area contributed by atoms with Gasteiger partial charge in [0.15, 0.2) is 0 Å². The minimum absolute atomic E-state index is 0.193. The van der Waals surface area contributed by atoms with E-state index < -0.39 is 0 Å². The highest BCUT2D eigenvalue weighted by atomic mass is 16.5. The zero-order valence-corrected chi connectivity index (χ0v) is 11.5. The first-order valence-corrected chi connectivity index (χ1v) is 6.23. The van der Waals surface area contributed by atoms with Crippen LogP contribution in [0.2, 0.25) is 0 Å². The molecule has 1 aromatic heterocycles. The van der Waals surface area contributed by atoms with Gasteiger partial charge in [-0.2, -0.15) is 0 Å². The summed E-state index contributed by atoms with van der Waals surface area (Å²) >= 11 is 0. The summed E-state index contributed by atoms with van der Waals surface area (Å²) in [6.07, 6.45) is 1.64. The van der Waals surface area contributed by atoms with Crippen LogP contribution < -0.4 is 15.8 Å². The Balaban J connectivity index is 2.06. The van der Waals surface area contributed by atoms with Gasteiger partial charge in [0.2, 0.25) is 5.88 Å². The predicted octanol–water partition coefficient (Wildman–Crippen LogP) is 1.91. The maximum absolute atomic E-state index is 12.1. The second-order valence-electron chi connectivity index (χ2n) is 4.48. The van der Waals surface area contributed by atoms with E-state index in [2.05, 4.69) is 10.3 Å². The maximum Gasteiger partial charge on any atom is 0.253 e. The van der Waals surface area contributed by atoms with Crippen LogP contribution in [-0.2, 0) is 6.54 Å². The Bertz CT molecular complexity index is 626. The number of anilines is 1. The molecule has 104 valence electrons. The van der Waals surface area contributed by atoms with Crippen LogP contribution in [0.25, 0.3) is 0 Å². The van der Waals surface area contributed by atoms with Crippen LogP contribution in [-0.4, -0.2) is 18.0 Å². The van der Waals surface area contributed by atoms with Crippen molar-refractivity contribution in [2.24, 2.45) is 0 Å². The van der Waals surface area contributed by atoms with E-state index in [9.17, 15) is 4.79 Å². The second kappa shape index (κ2) is 6.06. The minimum Gasteiger partial charge on any atom is -0.481 e. The van der Waals surface area contributed by atoms with E-state index in [1.54, 1.807) is 31.5 Å². The zero-order chi connectivity index (χ0) is 14.5. The molecule has 1 aromatic carbocycles. The number of pyridine rings is 1. The van der Waals surface area contributed by atoms with Gasteiger partial charge in [-0.15, -0.1) is 0 Å². The molecule has 0 spiro atoms. The van der Waals surface area contributed by atoms with Crippen molar-refractivity contribution in [2.75, 3.05) is 12.8 Å². The average Bonchev–Trinajstić information content (AvgIpc) is 2.47. The third-order valence-electron chi connectivity index (χ3n) is 2.91. The van der Waals surface area contributed by atoms with Crippen molar-refractivity contribution in [3.05, 3.63) is 53.2 Å². The summed E-state index contributed by atoms with van der Waals surface area (Å²) in [7, 11) is 1.55. The number of nitrogens with zero attached hydrogens (tertiary/aromatic N) is 1. The lowest BCUT2D eigenvalue weighted by molar-refractivity contribution is 0.0951. The summed E-state index contributed by atoms with van der Waals surface area (Å²) in [6, 6.07) is 8.99. The van der Waals surface area contributed by atoms with E-state index in [0.717, 1.165) is 11.1 Å². The molecular formula is C15H17N3O2. The van der Waals surface area contributed by atoms with Crippen molar-refractivity contribution in [3.63, 3.8) is 0 Å². The molecule has 0 saturated heterocycles. The number of aryl methyl sites for hydroxylation is 1. The highest BCUT2D eigenvalue weighted by Crippen LogP contribution is 2.14. The van der Waals surface area contributed by atoms with E-state index in [1.807, 2.05) is 19.1 Å². The SMILES string of the molecule is COc1cc(CNC(=O)c2cc(C)ccc2N)ccn1. The normalized spacial score (nSPS) is 10.1. The molecule has 0 saturated carbocycles. The lowest BCUT2D eigenvalue weighted by Gasteiger charge is -2.09. The predicted molar refractivity (Wildman–Crippen MR) is 77.6 cm³/mol. The summed E-state index contributed by atoms with van der Waals surface area (Å²) in [5.41, 5.74) is 8.69. The van der Waals surface area contributed by atoms with Crippen molar-refractivity contribution in [1.29, 1.82) is 0 Å². The third kappa shape index (κ3) is 3.26. The molecule has 3 N–H and O–H groups in total. The Morgan fingerprint density at radius 1 is 1.35 bits per heavy atom. The van der Waals surface area contributed by atoms with Crippen LogP contribution in [0.1, 0.15) is 21.5 Å². The summed E-state index contributed by atoms with van der Waals surface area (Å²) in [5, 5.41) is 2.83. The number of nitrogen functional groups attached to an aromatic ring is 1. The first-order chi connectivity index (χ1) is 9.60. The van der Waals surface area contributed by atoms with Gasteiger partial charge in [-0.05, 0) is 30.7 Å². The Kier molecular flexibility index (Phi) is 4.20. The first kappa shape index (κ1) is 13.9. The summed E-state index contributed by atoms with van der Waals surface area (Å²) in [4.78, 5) is 16.1. The van der Waals surface area contributed by atoms with Crippen molar-refractivity contribution in [1.82, 2.24) is 10.3 Å². The highest BCUT2D eigenvalue weighted by Gasteiger charge is 2.09. The van der Waals surface area contributed by atoms with Gasteiger partial charge < -0.3 is 15.8 Å².